The van der Waals surface area contributed by atoms with Crippen LogP contribution in [0.1, 0.15) is 19.7 Å². The van der Waals surface area contributed by atoms with Gasteiger partial charge in [0.1, 0.15) is 22.5 Å². The fraction of sp³-hybridized carbons (Fsp3) is 0.278. The monoisotopic (exact) mass is 341 g/mol. The topological polar surface area (TPSA) is 75.1 Å². The molecule has 0 aliphatic rings. The first-order valence-electron chi connectivity index (χ1n) is 7.78. The van der Waals surface area contributed by atoms with Crippen LogP contribution in [0.2, 0.25) is 0 Å². The highest BCUT2D eigenvalue weighted by atomic mass is 32.1. The van der Waals surface area contributed by atoms with E-state index in [9.17, 15) is 9.90 Å². The number of hydrogen-bond acceptors (Lipinski definition) is 5. The highest BCUT2D eigenvalue weighted by Gasteiger charge is 2.24. The fourth-order valence-corrected chi connectivity index (χ4v) is 3.64. The Morgan fingerprint density at radius 2 is 1.92 bits per heavy atom. The van der Waals surface area contributed by atoms with Gasteiger partial charge in [0.05, 0.1) is 5.39 Å². The number of hydrogen-bond donors (Lipinski definition) is 2. The minimum Gasteiger partial charge on any atom is -0.480 e. The van der Waals surface area contributed by atoms with E-state index in [1.165, 1.54) is 0 Å². The van der Waals surface area contributed by atoms with E-state index in [1.807, 2.05) is 56.5 Å². The smallest absolute Gasteiger partial charge is 0.326 e. The predicted molar refractivity (Wildman–Crippen MR) is 97.5 cm³/mol. The molecule has 24 heavy (non-hydrogen) atoms. The molecule has 3 rings (SSSR count). The lowest BCUT2D eigenvalue weighted by molar-refractivity contribution is -0.138. The number of rotatable bonds is 5. The van der Waals surface area contributed by atoms with Crippen LogP contribution >= 0.6 is 11.3 Å². The highest BCUT2D eigenvalue weighted by molar-refractivity contribution is 7.17. The summed E-state index contributed by atoms with van der Waals surface area (Å²) in [4.78, 5) is 21.4. The molecule has 2 N–H and O–H groups in total. The van der Waals surface area contributed by atoms with Gasteiger partial charge in [0, 0.05) is 10.9 Å². The molecule has 3 aromatic rings. The van der Waals surface area contributed by atoms with Crippen molar-refractivity contribution < 1.29 is 9.90 Å². The van der Waals surface area contributed by atoms with Crippen LogP contribution in [0.4, 0.5) is 5.82 Å². The van der Waals surface area contributed by atoms with Crippen molar-refractivity contribution in [2.24, 2.45) is 5.92 Å². The van der Waals surface area contributed by atoms with Crippen molar-refractivity contribution in [1.29, 1.82) is 0 Å². The summed E-state index contributed by atoms with van der Waals surface area (Å²) >= 11 is 1.54. The summed E-state index contributed by atoms with van der Waals surface area (Å²) in [5.41, 5.74) is 2.08. The number of aryl methyl sites for hydroxylation is 1. The zero-order valence-electron chi connectivity index (χ0n) is 13.8. The number of benzene rings is 1. The van der Waals surface area contributed by atoms with Crippen LogP contribution in [0.15, 0.2) is 35.7 Å². The van der Waals surface area contributed by atoms with Crippen molar-refractivity contribution in [2.75, 3.05) is 5.32 Å². The molecule has 0 bridgehead atoms. The molecule has 1 atom stereocenters. The van der Waals surface area contributed by atoms with Crippen LogP contribution < -0.4 is 5.32 Å². The molecule has 0 fully saturated rings. The molecule has 1 aromatic carbocycles. The molecule has 2 aromatic heterocycles. The average molecular weight is 341 g/mol. The number of anilines is 1. The molecule has 0 spiro atoms. The van der Waals surface area contributed by atoms with Gasteiger partial charge in [0.15, 0.2) is 0 Å². The first kappa shape index (κ1) is 16.4. The van der Waals surface area contributed by atoms with E-state index in [0.717, 1.165) is 21.3 Å². The number of nitrogens with one attached hydrogen (secondary N) is 1. The molecule has 0 aliphatic heterocycles. The van der Waals surface area contributed by atoms with Gasteiger partial charge in [-0.1, -0.05) is 44.2 Å². The molecular weight excluding hydrogens is 322 g/mol. The van der Waals surface area contributed by atoms with Gasteiger partial charge in [-0.05, 0) is 18.4 Å². The van der Waals surface area contributed by atoms with Crippen molar-refractivity contribution in [3.63, 3.8) is 0 Å². The van der Waals surface area contributed by atoms with Gasteiger partial charge in [-0.3, -0.25) is 0 Å². The molecule has 2 heterocycles. The van der Waals surface area contributed by atoms with Crippen LogP contribution in [0, 0.1) is 12.8 Å². The average Bonchev–Trinajstić information content (AvgIpc) is 2.96. The number of fused-ring (bicyclic) bond motifs is 1. The third-order valence-electron chi connectivity index (χ3n) is 3.86. The summed E-state index contributed by atoms with van der Waals surface area (Å²) in [6.45, 7) is 5.57. The number of nitrogens with zero attached hydrogens (tertiary/aromatic N) is 2. The zero-order chi connectivity index (χ0) is 17.3. The third-order valence-corrected chi connectivity index (χ3v) is 4.73. The number of carbonyl (C=O) groups is 1. The summed E-state index contributed by atoms with van der Waals surface area (Å²) in [6.07, 6.45) is 0. The Kier molecular flexibility index (Phi) is 4.49. The van der Waals surface area contributed by atoms with Crippen molar-refractivity contribution >= 4 is 33.3 Å². The largest absolute Gasteiger partial charge is 0.480 e. The van der Waals surface area contributed by atoms with Crippen molar-refractivity contribution in [1.82, 2.24) is 9.97 Å². The SMILES string of the molecule is Cc1nc(NC(C(=O)O)C(C)C)c2c(-c3ccccc3)csc2n1. The normalized spacial score (nSPS) is 12.5. The summed E-state index contributed by atoms with van der Waals surface area (Å²) in [6, 6.07) is 9.29. The van der Waals surface area contributed by atoms with Gasteiger partial charge >= 0.3 is 5.97 Å². The number of thiophene rings is 1. The minimum atomic E-state index is -0.883. The Balaban J connectivity index is 2.16. The van der Waals surface area contributed by atoms with Crippen LogP contribution in [0.3, 0.4) is 0 Å². The Morgan fingerprint density at radius 1 is 1.21 bits per heavy atom. The molecule has 6 heteroatoms. The Morgan fingerprint density at radius 3 is 2.54 bits per heavy atom. The van der Waals surface area contributed by atoms with E-state index in [1.54, 1.807) is 11.3 Å². The molecule has 0 aliphatic carbocycles. The molecule has 1 unspecified atom stereocenters. The van der Waals surface area contributed by atoms with Crippen molar-refractivity contribution in [2.45, 2.75) is 26.8 Å². The van der Waals surface area contributed by atoms with Gasteiger partial charge in [-0.2, -0.15) is 0 Å². The number of aliphatic carboxylic acids is 1. The Bertz CT molecular complexity index is 875. The van der Waals surface area contributed by atoms with Gasteiger partial charge in [-0.25, -0.2) is 14.8 Å². The van der Waals surface area contributed by atoms with E-state index in [2.05, 4.69) is 15.3 Å². The Hall–Kier alpha value is -2.47. The van der Waals surface area contributed by atoms with E-state index in [-0.39, 0.29) is 5.92 Å². The second-order valence-electron chi connectivity index (χ2n) is 6.02. The van der Waals surface area contributed by atoms with Crippen LogP contribution in [0.25, 0.3) is 21.3 Å². The van der Waals surface area contributed by atoms with Crippen LogP contribution in [0.5, 0.6) is 0 Å². The number of carboxylic acids is 1. The zero-order valence-corrected chi connectivity index (χ0v) is 14.6. The maximum atomic E-state index is 11.6. The fourth-order valence-electron chi connectivity index (χ4n) is 2.64. The maximum Gasteiger partial charge on any atom is 0.326 e. The van der Waals surface area contributed by atoms with E-state index in [0.29, 0.717) is 11.6 Å². The summed E-state index contributed by atoms with van der Waals surface area (Å²) in [7, 11) is 0. The standard InChI is InChI=1S/C18H19N3O2S/c1-10(2)15(18(22)23)21-16-14-13(12-7-5-4-6-8-12)9-24-17(14)20-11(3)19-16/h4-10,15H,1-3H3,(H,22,23)(H,19,20,21). The van der Waals surface area contributed by atoms with Gasteiger partial charge < -0.3 is 10.4 Å². The first-order chi connectivity index (χ1) is 11.5. The third kappa shape index (κ3) is 3.10. The highest BCUT2D eigenvalue weighted by Crippen LogP contribution is 2.37. The van der Waals surface area contributed by atoms with Gasteiger partial charge in [0.25, 0.3) is 0 Å². The number of aromatic nitrogens is 2. The second-order valence-corrected chi connectivity index (χ2v) is 6.88. The molecule has 0 amide bonds. The summed E-state index contributed by atoms with van der Waals surface area (Å²) in [5, 5.41) is 15.5. The quantitative estimate of drug-likeness (QED) is 0.728. The van der Waals surface area contributed by atoms with Crippen molar-refractivity contribution in [3.05, 3.63) is 41.5 Å². The lowest BCUT2D eigenvalue weighted by atomic mass is 10.0. The van der Waals surface area contributed by atoms with Crippen molar-refractivity contribution in [3.8, 4) is 11.1 Å². The molecule has 0 saturated heterocycles. The summed E-state index contributed by atoms with van der Waals surface area (Å²) in [5.74, 6) is 0.260. The second kappa shape index (κ2) is 6.57. The maximum absolute atomic E-state index is 11.6. The number of carboxylic acid groups (broad SMARTS) is 1. The minimum absolute atomic E-state index is 0.0633. The molecule has 5 nitrogen and oxygen atoms in total. The van der Waals surface area contributed by atoms with Gasteiger partial charge in [-0.15, -0.1) is 11.3 Å². The van der Waals surface area contributed by atoms with E-state index < -0.39 is 12.0 Å². The summed E-state index contributed by atoms with van der Waals surface area (Å²) < 4.78 is 0. The lowest BCUT2D eigenvalue weighted by Gasteiger charge is -2.19. The lowest BCUT2D eigenvalue weighted by Crippen LogP contribution is -2.34. The predicted octanol–water partition coefficient (Wildman–Crippen LogP) is 4.19. The Labute approximate surface area is 144 Å². The van der Waals surface area contributed by atoms with Crippen LogP contribution in [-0.2, 0) is 4.79 Å². The molecular formula is C18H19N3O2S. The van der Waals surface area contributed by atoms with E-state index >= 15 is 0 Å². The molecule has 0 saturated carbocycles. The molecule has 124 valence electrons. The molecule has 0 radical (unpaired) electrons. The first-order valence-corrected chi connectivity index (χ1v) is 8.66. The van der Waals surface area contributed by atoms with Gasteiger partial charge in [0.2, 0.25) is 0 Å². The van der Waals surface area contributed by atoms with Crippen LogP contribution in [-0.4, -0.2) is 27.1 Å². The van der Waals surface area contributed by atoms with E-state index in [4.69, 9.17) is 0 Å².